The Bertz CT molecular complexity index is 577. The van der Waals surface area contributed by atoms with Crippen LogP contribution in [0.25, 0.3) is 0 Å². The third-order valence-electron chi connectivity index (χ3n) is 6.20. The number of rotatable bonds is 14. The molecule has 0 saturated carbocycles. The second-order valence-electron chi connectivity index (χ2n) is 11.4. The molecule has 0 aromatic carbocycles. The summed E-state index contributed by atoms with van der Waals surface area (Å²) in [6.07, 6.45) is -0.983. The van der Waals surface area contributed by atoms with Gasteiger partial charge >= 0.3 is 0 Å². The van der Waals surface area contributed by atoms with Crippen LogP contribution in [-0.2, 0) is 0 Å². The minimum Gasteiger partial charge on any atom is -0.391 e. The van der Waals surface area contributed by atoms with Crippen molar-refractivity contribution >= 4 is 0 Å². The van der Waals surface area contributed by atoms with Gasteiger partial charge in [0.1, 0.15) is 12.2 Å². The Morgan fingerprint density at radius 3 is 0.971 bits per heavy atom. The fourth-order valence-corrected chi connectivity index (χ4v) is 2.70. The Morgan fingerprint density at radius 1 is 0.588 bits per heavy atom. The SMILES string of the molecule is CC(C)(C(O)CCCC(O)C(C)(C)[N+](=O)[O-])[N+](=O)[O-].CC(C)(N)C(O)CCCC(O)C(C)(C)N. The third kappa shape index (κ3) is 12.3. The van der Waals surface area contributed by atoms with Crippen LogP contribution in [0.2, 0.25) is 0 Å². The summed E-state index contributed by atoms with van der Waals surface area (Å²) < 4.78 is 0. The first-order chi connectivity index (χ1) is 15.0. The summed E-state index contributed by atoms with van der Waals surface area (Å²) in [5.41, 5.74) is 7.39. The van der Waals surface area contributed by atoms with Crippen LogP contribution >= 0.6 is 0 Å². The molecule has 0 bridgehead atoms. The average molecular weight is 497 g/mol. The quantitative estimate of drug-likeness (QED) is 0.150. The molecular formula is C22H48N4O8. The Balaban J connectivity index is 0. The zero-order chi connectivity index (χ0) is 27.7. The Kier molecular flexibility index (Phi) is 13.9. The van der Waals surface area contributed by atoms with E-state index in [0.29, 0.717) is 12.8 Å². The van der Waals surface area contributed by atoms with E-state index in [-0.39, 0.29) is 19.3 Å². The van der Waals surface area contributed by atoms with Gasteiger partial charge < -0.3 is 31.9 Å². The van der Waals surface area contributed by atoms with Gasteiger partial charge in [0.2, 0.25) is 11.1 Å². The minimum absolute atomic E-state index is 0.110. The fourth-order valence-electron chi connectivity index (χ4n) is 2.70. The zero-order valence-corrected chi connectivity index (χ0v) is 22.0. The molecule has 0 rings (SSSR count). The molecule has 0 aromatic rings. The van der Waals surface area contributed by atoms with Crippen molar-refractivity contribution in [1.82, 2.24) is 0 Å². The summed E-state index contributed by atoms with van der Waals surface area (Å²) in [6.45, 7) is 12.4. The lowest BCUT2D eigenvalue weighted by Gasteiger charge is -2.28. The van der Waals surface area contributed by atoms with Crippen LogP contribution in [0, 0.1) is 20.2 Å². The van der Waals surface area contributed by atoms with Gasteiger partial charge in [0, 0.05) is 48.6 Å². The van der Waals surface area contributed by atoms with Gasteiger partial charge in [-0.1, -0.05) is 0 Å². The molecule has 12 heteroatoms. The topological polar surface area (TPSA) is 219 Å². The Labute approximate surface area is 203 Å². The molecule has 0 saturated heterocycles. The minimum atomic E-state index is -1.47. The summed E-state index contributed by atoms with van der Waals surface area (Å²) in [4.78, 5) is 20.3. The normalized spacial score (nSPS) is 16.6. The summed E-state index contributed by atoms with van der Waals surface area (Å²) in [5.74, 6) is 0. The summed E-state index contributed by atoms with van der Waals surface area (Å²) in [5, 5.41) is 60.2. The number of aliphatic hydroxyl groups is 4. The molecule has 34 heavy (non-hydrogen) atoms. The summed E-state index contributed by atoms with van der Waals surface area (Å²) in [7, 11) is 0. The number of nitrogens with two attached hydrogens (primary N) is 2. The number of nitro groups is 2. The molecule has 0 amide bonds. The highest BCUT2D eigenvalue weighted by Crippen LogP contribution is 2.22. The molecular weight excluding hydrogens is 448 g/mol. The molecule has 0 aromatic heterocycles. The second-order valence-corrected chi connectivity index (χ2v) is 11.4. The van der Waals surface area contributed by atoms with E-state index in [1.165, 1.54) is 27.7 Å². The first-order valence-electron chi connectivity index (χ1n) is 11.6. The second kappa shape index (κ2) is 13.6. The van der Waals surface area contributed by atoms with E-state index in [9.17, 15) is 40.7 Å². The lowest BCUT2D eigenvalue weighted by molar-refractivity contribution is -0.574. The number of nitrogens with zero attached hydrogens (tertiary/aromatic N) is 2. The predicted octanol–water partition coefficient (Wildman–Crippen LogP) is 1.34. The zero-order valence-electron chi connectivity index (χ0n) is 22.0. The van der Waals surface area contributed by atoms with E-state index in [4.69, 9.17) is 11.5 Å². The van der Waals surface area contributed by atoms with Crippen molar-refractivity contribution in [3.8, 4) is 0 Å². The highest BCUT2D eigenvalue weighted by Gasteiger charge is 2.41. The highest BCUT2D eigenvalue weighted by atomic mass is 16.6. The average Bonchev–Trinajstić information content (AvgIpc) is 2.66. The van der Waals surface area contributed by atoms with Crippen LogP contribution in [0.15, 0.2) is 0 Å². The molecule has 0 aliphatic heterocycles. The van der Waals surface area contributed by atoms with Crippen molar-refractivity contribution in [2.24, 2.45) is 11.5 Å². The maximum atomic E-state index is 10.7. The standard InChI is InChI=1S/C11H22N2O6.C11H26N2O2/c1-10(2,12(16)17)8(14)6-5-7-9(15)11(3,4)13(18)19;1-10(2,12)8(14)6-5-7-9(15)11(3,4)13/h8-9,14-15H,5-7H2,1-4H3;8-9,14-15H,5-7,12-13H2,1-4H3. The molecule has 0 fully saturated rings. The number of hydrogen-bond acceptors (Lipinski definition) is 10. The molecule has 12 nitrogen and oxygen atoms in total. The Hall–Kier alpha value is -1.44. The van der Waals surface area contributed by atoms with Crippen LogP contribution in [0.3, 0.4) is 0 Å². The molecule has 204 valence electrons. The Morgan fingerprint density at radius 2 is 0.794 bits per heavy atom. The van der Waals surface area contributed by atoms with Gasteiger partial charge in [-0.25, -0.2) is 0 Å². The molecule has 0 spiro atoms. The fraction of sp³-hybridized carbons (Fsp3) is 1.00. The molecule has 0 radical (unpaired) electrons. The first kappa shape index (κ1) is 34.7. The van der Waals surface area contributed by atoms with Crippen LogP contribution in [0.4, 0.5) is 0 Å². The van der Waals surface area contributed by atoms with E-state index >= 15 is 0 Å². The van der Waals surface area contributed by atoms with E-state index < -0.39 is 56.4 Å². The predicted molar refractivity (Wildman–Crippen MR) is 130 cm³/mol. The maximum Gasteiger partial charge on any atom is 0.242 e. The van der Waals surface area contributed by atoms with Gasteiger partial charge in [0.25, 0.3) is 0 Å². The van der Waals surface area contributed by atoms with E-state index in [1.54, 1.807) is 27.7 Å². The van der Waals surface area contributed by atoms with Gasteiger partial charge in [-0.05, 0) is 66.2 Å². The van der Waals surface area contributed by atoms with Crippen molar-refractivity contribution in [2.75, 3.05) is 0 Å². The van der Waals surface area contributed by atoms with Crippen molar-refractivity contribution in [3.63, 3.8) is 0 Å². The lowest BCUT2D eigenvalue weighted by Crippen LogP contribution is -2.46. The van der Waals surface area contributed by atoms with E-state index in [0.717, 1.165) is 6.42 Å². The van der Waals surface area contributed by atoms with Gasteiger partial charge in [-0.3, -0.25) is 20.2 Å². The lowest BCUT2D eigenvalue weighted by atomic mass is 9.90. The van der Waals surface area contributed by atoms with Gasteiger partial charge in [0.05, 0.1) is 12.2 Å². The number of hydrogen-bond donors (Lipinski definition) is 6. The molecule has 0 aliphatic rings. The van der Waals surface area contributed by atoms with Crippen molar-refractivity contribution in [1.29, 1.82) is 0 Å². The van der Waals surface area contributed by atoms with E-state index in [1.807, 2.05) is 0 Å². The third-order valence-corrected chi connectivity index (χ3v) is 6.20. The summed E-state index contributed by atoms with van der Waals surface area (Å²) in [6, 6.07) is 0. The van der Waals surface area contributed by atoms with Gasteiger partial charge in [-0.2, -0.15) is 0 Å². The van der Waals surface area contributed by atoms with Gasteiger partial charge in [0.15, 0.2) is 0 Å². The summed E-state index contributed by atoms with van der Waals surface area (Å²) >= 11 is 0. The molecule has 4 atom stereocenters. The molecule has 0 aliphatic carbocycles. The van der Waals surface area contributed by atoms with Crippen LogP contribution in [0.5, 0.6) is 0 Å². The largest absolute Gasteiger partial charge is 0.391 e. The molecule has 4 unspecified atom stereocenters. The van der Waals surface area contributed by atoms with Crippen molar-refractivity contribution in [3.05, 3.63) is 20.2 Å². The molecule has 8 N–H and O–H groups in total. The number of aliphatic hydroxyl groups excluding tert-OH is 4. The van der Waals surface area contributed by atoms with Crippen LogP contribution in [-0.4, -0.2) is 76.8 Å². The monoisotopic (exact) mass is 496 g/mol. The maximum absolute atomic E-state index is 10.7. The van der Waals surface area contributed by atoms with Crippen molar-refractivity contribution < 1.29 is 30.3 Å². The molecule has 0 heterocycles. The highest BCUT2D eigenvalue weighted by molar-refractivity contribution is 4.85. The first-order valence-corrected chi connectivity index (χ1v) is 11.6. The van der Waals surface area contributed by atoms with Crippen LogP contribution < -0.4 is 11.5 Å². The van der Waals surface area contributed by atoms with E-state index in [2.05, 4.69) is 0 Å². The van der Waals surface area contributed by atoms with Crippen molar-refractivity contribution in [2.45, 2.75) is 140 Å². The van der Waals surface area contributed by atoms with Crippen LogP contribution in [0.1, 0.15) is 93.9 Å². The van der Waals surface area contributed by atoms with Gasteiger partial charge in [-0.15, -0.1) is 0 Å². The smallest absolute Gasteiger partial charge is 0.242 e.